The van der Waals surface area contributed by atoms with Crippen molar-refractivity contribution in [1.29, 1.82) is 0 Å². The molecule has 3 N–H and O–H groups in total. The van der Waals surface area contributed by atoms with Gasteiger partial charge >= 0.3 is 19.8 Å². The number of carbonyl (C=O) groups excluding carboxylic acids is 2. The number of phosphoric ester groups is 1. The third kappa shape index (κ3) is 33.9. The van der Waals surface area contributed by atoms with Crippen LogP contribution in [0.3, 0.4) is 0 Å². The molecule has 0 aliphatic rings. The molecule has 0 saturated heterocycles. The Morgan fingerprint density at radius 3 is 1.67 bits per heavy atom. The van der Waals surface area contributed by atoms with Gasteiger partial charge in [-0.05, 0) is 51.4 Å². The highest BCUT2D eigenvalue weighted by Gasteiger charge is 2.25. The molecular formula is C38H68NO8P. The number of unbranched alkanes of at least 4 members (excludes halogenated alkanes) is 13. The van der Waals surface area contributed by atoms with Crippen molar-refractivity contribution in [3.05, 3.63) is 48.6 Å². The lowest BCUT2D eigenvalue weighted by Crippen LogP contribution is -2.29. The minimum Gasteiger partial charge on any atom is -0.462 e. The van der Waals surface area contributed by atoms with Crippen LogP contribution < -0.4 is 5.73 Å². The van der Waals surface area contributed by atoms with Crippen LogP contribution in [-0.2, 0) is 32.7 Å². The molecule has 0 aromatic carbocycles. The number of allylic oxidation sites excluding steroid dienone is 8. The van der Waals surface area contributed by atoms with Gasteiger partial charge in [0.1, 0.15) is 6.61 Å². The molecule has 0 bridgehead atoms. The summed E-state index contributed by atoms with van der Waals surface area (Å²) in [6.07, 6.45) is 37.2. The Balaban J connectivity index is 4.32. The smallest absolute Gasteiger partial charge is 0.462 e. The molecule has 0 rings (SSSR count). The average Bonchev–Trinajstić information content (AvgIpc) is 3.07. The molecule has 9 nitrogen and oxygen atoms in total. The number of hydrogen-bond acceptors (Lipinski definition) is 8. The first-order valence-electron chi connectivity index (χ1n) is 18.6. The molecule has 0 heterocycles. The van der Waals surface area contributed by atoms with Crippen molar-refractivity contribution in [3.63, 3.8) is 0 Å². The first-order chi connectivity index (χ1) is 23.3. The fourth-order valence-corrected chi connectivity index (χ4v) is 5.45. The van der Waals surface area contributed by atoms with E-state index < -0.39 is 32.5 Å². The second-order valence-corrected chi connectivity index (χ2v) is 13.5. The topological polar surface area (TPSA) is 134 Å². The Labute approximate surface area is 292 Å². The van der Waals surface area contributed by atoms with E-state index in [-0.39, 0.29) is 32.6 Å². The number of hydrogen-bond donors (Lipinski definition) is 2. The Bertz CT molecular complexity index is 934. The molecule has 0 spiro atoms. The molecule has 2 atom stereocenters. The van der Waals surface area contributed by atoms with Crippen LogP contribution in [0.5, 0.6) is 0 Å². The van der Waals surface area contributed by atoms with E-state index in [0.717, 1.165) is 44.9 Å². The molecule has 278 valence electrons. The summed E-state index contributed by atoms with van der Waals surface area (Å²) in [5.41, 5.74) is 5.32. The number of nitrogens with two attached hydrogens (primary N) is 1. The molecule has 0 radical (unpaired) electrons. The number of esters is 2. The normalized spacial score (nSPS) is 14.0. The van der Waals surface area contributed by atoms with Crippen molar-refractivity contribution in [3.8, 4) is 0 Å². The third-order valence-electron chi connectivity index (χ3n) is 7.47. The third-order valence-corrected chi connectivity index (χ3v) is 8.45. The van der Waals surface area contributed by atoms with E-state index in [9.17, 15) is 19.0 Å². The maximum atomic E-state index is 12.5. The lowest BCUT2D eigenvalue weighted by Gasteiger charge is -2.19. The van der Waals surface area contributed by atoms with E-state index >= 15 is 0 Å². The van der Waals surface area contributed by atoms with Crippen molar-refractivity contribution in [2.75, 3.05) is 26.4 Å². The van der Waals surface area contributed by atoms with Crippen LogP contribution in [0.2, 0.25) is 0 Å². The summed E-state index contributed by atoms with van der Waals surface area (Å²) in [6, 6.07) is 0. The Morgan fingerprint density at radius 1 is 0.625 bits per heavy atom. The van der Waals surface area contributed by atoms with Crippen LogP contribution in [-0.4, -0.2) is 49.3 Å². The average molecular weight is 698 g/mol. The van der Waals surface area contributed by atoms with Crippen LogP contribution >= 0.6 is 7.82 Å². The van der Waals surface area contributed by atoms with Crippen LogP contribution in [0.1, 0.15) is 149 Å². The van der Waals surface area contributed by atoms with Crippen molar-refractivity contribution in [1.82, 2.24) is 0 Å². The monoisotopic (exact) mass is 697 g/mol. The van der Waals surface area contributed by atoms with Gasteiger partial charge in [-0.25, -0.2) is 4.57 Å². The number of carbonyl (C=O) groups is 2. The lowest BCUT2D eigenvalue weighted by atomic mass is 10.1. The van der Waals surface area contributed by atoms with Crippen LogP contribution in [0.4, 0.5) is 0 Å². The van der Waals surface area contributed by atoms with Gasteiger partial charge < -0.3 is 20.1 Å². The standard InChI is InChI=1S/C38H68NO8P/c1-3-5-7-9-11-13-15-16-17-18-19-20-21-23-24-26-28-30-37(40)44-34-36(35-46-48(42,43)45-33-32-39)47-38(41)31-29-27-25-22-14-12-10-8-6-4-2/h11,13,16-17,19-20,23-24,36H,3-10,12,14-15,18,21-22,25-35,39H2,1-2H3,(H,42,43)/b13-11+,17-16+,20-19+,24-23+/t36-/m0/s1. The maximum Gasteiger partial charge on any atom is 0.472 e. The highest BCUT2D eigenvalue weighted by Crippen LogP contribution is 2.43. The van der Waals surface area contributed by atoms with E-state index in [4.69, 9.17) is 24.3 Å². The van der Waals surface area contributed by atoms with Crippen molar-refractivity contribution >= 4 is 19.8 Å². The largest absolute Gasteiger partial charge is 0.472 e. The lowest BCUT2D eigenvalue weighted by molar-refractivity contribution is -0.161. The van der Waals surface area contributed by atoms with Gasteiger partial charge in [0.05, 0.1) is 13.2 Å². The van der Waals surface area contributed by atoms with E-state index in [1.807, 2.05) is 6.08 Å². The molecule has 0 aromatic heterocycles. The van der Waals surface area contributed by atoms with E-state index in [2.05, 4.69) is 56.4 Å². The van der Waals surface area contributed by atoms with Crippen LogP contribution in [0, 0.1) is 0 Å². The minimum absolute atomic E-state index is 0.0455. The SMILES string of the molecule is CCCCC/C=C/C/C=C/C/C=C/C/C=C/CCCC(=O)OC[C@@H](COP(=O)(O)OCCN)OC(=O)CCCCCCCCCCCC. The summed E-state index contributed by atoms with van der Waals surface area (Å²) >= 11 is 0. The molecule has 0 fully saturated rings. The van der Waals surface area contributed by atoms with Gasteiger partial charge in [0, 0.05) is 19.4 Å². The molecule has 1 unspecified atom stereocenters. The molecule has 0 aliphatic carbocycles. The summed E-state index contributed by atoms with van der Waals surface area (Å²) in [4.78, 5) is 34.6. The first-order valence-corrected chi connectivity index (χ1v) is 20.1. The molecule has 10 heteroatoms. The van der Waals surface area contributed by atoms with E-state index in [1.54, 1.807) is 0 Å². The fraction of sp³-hybridized carbons (Fsp3) is 0.737. The van der Waals surface area contributed by atoms with Gasteiger partial charge in [-0.3, -0.25) is 18.6 Å². The summed E-state index contributed by atoms with van der Waals surface area (Å²) < 4.78 is 32.5. The second-order valence-electron chi connectivity index (χ2n) is 12.1. The Kier molecular flexibility index (Phi) is 33.3. The van der Waals surface area contributed by atoms with Gasteiger partial charge in [0.15, 0.2) is 6.10 Å². The number of ether oxygens (including phenoxy) is 2. The summed E-state index contributed by atoms with van der Waals surface area (Å²) in [5.74, 6) is -0.899. The zero-order valence-electron chi connectivity index (χ0n) is 30.2. The van der Waals surface area contributed by atoms with Gasteiger partial charge in [0.2, 0.25) is 0 Å². The zero-order chi connectivity index (χ0) is 35.4. The predicted molar refractivity (Wildman–Crippen MR) is 196 cm³/mol. The predicted octanol–water partition coefficient (Wildman–Crippen LogP) is 9.99. The van der Waals surface area contributed by atoms with E-state index in [1.165, 1.54) is 64.2 Å². The quantitative estimate of drug-likeness (QED) is 0.0291. The first kappa shape index (κ1) is 46.0. The minimum atomic E-state index is -4.38. The Hall–Kier alpha value is -2.03. The zero-order valence-corrected chi connectivity index (χ0v) is 31.1. The van der Waals surface area contributed by atoms with Crippen molar-refractivity contribution in [2.24, 2.45) is 5.73 Å². The second kappa shape index (κ2) is 34.8. The van der Waals surface area contributed by atoms with Crippen LogP contribution in [0.25, 0.3) is 0 Å². The highest BCUT2D eigenvalue weighted by atomic mass is 31.2. The summed E-state index contributed by atoms with van der Waals surface area (Å²) in [6.45, 7) is 3.60. The van der Waals surface area contributed by atoms with Crippen LogP contribution in [0.15, 0.2) is 48.6 Å². The molecule has 0 aliphatic heterocycles. The van der Waals surface area contributed by atoms with Crippen molar-refractivity contribution in [2.45, 2.75) is 155 Å². The van der Waals surface area contributed by atoms with Gasteiger partial charge in [-0.2, -0.15) is 0 Å². The molecule has 48 heavy (non-hydrogen) atoms. The summed E-state index contributed by atoms with van der Waals surface area (Å²) in [5, 5.41) is 0. The van der Waals surface area contributed by atoms with Gasteiger partial charge in [-0.15, -0.1) is 0 Å². The van der Waals surface area contributed by atoms with Gasteiger partial charge in [0.25, 0.3) is 0 Å². The van der Waals surface area contributed by atoms with E-state index in [0.29, 0.717) is 12.8 Å². The molecular weight excluding hydrogens is 629 g/mol. The van der Waals surface area contributed by atoms with Crippen molar-refractivity contribution < 1.29 is 37.6 Å². The number of phosphoric acid groups is 1. The summed E-state index contributed by atoms with van der Waals surface area (Å²) in [7, 11) is -4.38. The fourth-order valence-electron chi connectivity index (χ4n) is 4.68. The Morgan fingerprint density at radius 2 is 1.10 bits per heavy atom. The molecule has 0 saturated carbocycles. The number of rotatable bonds is 34. The maximum absolute atomic E-state index is 12.5. The van der Waals surface area contributed by atoms with Gasteiger partial charge in [-0.1, -0.05) is 133 Å². The molecule has 0 amide bonds. The highest BCUT2D eigenvalue weighted by molar-refractivity contribution is 7.47. The molecule has 0 aromatic rings.